The topological polar surface area (TPSA) is 112 Å². The molecular formula is C34H54O8. The van der Waals surface area contributed by atoms with Crippen molar-refractivity contribution in [3.05, 3.63) is 36.0 Å². The van der Waals surface area contributed by atoms with E-state index in [0.717, 1.165) is 24.8 Å². The molecule has 42 heavy (non-hydrogen) atoms. The Morgan fingerprint density at radius 3 is 2.38 bits per heavy atom. The van der Waals surface area contributed by atoms with Crippen LogP contribution in [0.3, 0.4) is 0 Å². The van der Waals surface area contributed by atoms with Gasteiger partial charge in [0.05, 0.1) is 11.5 Å². The van der Waals surface area contributed by atoms with Crippen LogP contribution in [-0.2, 0) is 28.5 Å². The van der Waals surface area contributed by atoms with E-state index in [4.69, 9.17) is 18.9 Å². The maximum Gasteiger partial charge on any atom is 0.306 e. The molecule has 9 atom stereocenters. The summed E-state index contributed by atoms with van der Waals surface area (Å²) in [6, 6.07) is 0. The highest BCUT2D eigenvalue weighted by Gasteiger charge is 2.73. The van der Waals surface area contributed by atoms with Crippen molar-refractivity contribution in [2.75, 3.05) is 6.61 Å². The predicted octanol–water partition coefficient (Wildman–Crippen LogP) is 6.15. The van der Waals surface area contributed by atoms with Gasteiger partial charge in [0, 0.05) is 25.9 Å². The number of allylic oxidation sites excluding steroid dienone is 3. The lowest BCUT2D eigenvalue weighted by Gasteiger charge is -2.62. The highest BCUT2D eigenvalue weighted by atomic mass is 16.8. The summed E-state index contributed by atoms with van der Waals surface area (Å²) in [6.07, 6.45) is 9.27. The molecule has 0 aromatic heterocycles. The molecule has 3 rings (SSSR count). The smallest absolute Gasteiger partial charge is 0.306 e. The van der Waals surface area contributed by atoms with Crippen molar-refractivity contribution in [2.24, 2.45) is 22.7 Å². The number of hydrogen-bond acceptors (Lipinski definition) is 8. The largest absolute Gasteiger partial charge is 0.459 e. The first kappa shape index (κ1) is 34.5. The quantitative estimate of drug-likeness (QED) is 0.101. The van der Waals surface area contributed by atoms with E-state index in [9.17, 15) is 19.8 Å². The molecule has 1 spiro atoms. The molecule has 1 heterocycles. The number of rotatable bonds is 15. The lowest BCUT2D eigenvalue weighted by Crippen LogP contribution is -2.68. The van der Waals surface area contributed by atoms with Crippen LogP contribution in [0.1, 0.15) is 106 Å². The van der Waals surface area contributed by atoms with E-state index in [2.05, 4.69) is 26.5 Å². The number of esters is 2. The molecule has 0 aromatic rings. The molecule has 1 saturated carbocycles. The molecule has 1 unspecified atom stereocenters. The van der Waals surface area contributed by atoms with Crippen LogP contribution >= 0.6 is 0 Å². The van der Waals surface area contributed by atoms with Gasteiger partial charge < -0.3 is 29.2 Å². The monoisotopic (exact) mass is 590 g/mol. The van der Waals surface area contributed by atoms with Crippen LogP contribution in [0.25, 0.3) is 0 Å². The van der Waals surface area contributed by atoms with E-state index >= 15 is 0 Å². The Balaban J connectivity index is 2.01. The third kappa shape index (κ3) is 7.03. The number of hydrogen-bond donors (Lipinski definition) is 2. The van der Waals surface area contributed by atoms with Crippen molar-refractivity contribution in [1.82, 2.24) is 0 Å². The van der Waals surface area contributed by atoms with Crippen LogP contribution in [0.2, 0.25) is 0 Å². The second-order valence-corrected chi connectivity index (χ2v) is 12.7. The van der Waals surface area contributed by atoms with Crippen LogP contribution in [0, 0.1) is 22.7 Å². The molecule has 1 aliphatic heterocycles. The zero-order chi connectivity index (χ0) is 31.1. The molecule has 1 saturated heterocycles. The first-order chi connectivity index (χ1) is 20.0. The van der Waals surface area contributed by atoms with Crippen molar-refractivity contribution >= 4 is 11.9 Å². The minimum atomic E-state index is -1.27. The number of ether oxygens (including phenoxy) is 4. The average molecular weight is 591 g/mol. The van der Waals surface area contributed by atoms with Crippen LogP contribution < -0.4 is 0 Å². The highest BCUT2D eigenvalue weighted by Crippen LogP contribution is 2.67. The molecule has 0 radical (unpaired) electrons. The summed E-state index contributed by atoms with van der Waals surface area (Å²) in [4.78, 5) is 25.6. The van der Waals surface area contributed by atoms with E-state index in [1.165, 1.54) is 32.6 Å². The third-order valence-electron chi connectivity index (χ3n) is 9.98. The van der Waals surface area contributed by atoms with Crippen molar-refractivity contribution in [3.63, 3.8) is 0 Å². The van der Waals surface area contributed by atoms with Gasteiger partial charge in [0.2, 0.25) is 6.29 Å². The lowest BCUT2D eigenvalue weighted by atomic mass is 9.44. The van der Waals surface area contributed by atoms with Gasteiger partial charge in [0.25, 0.3) is 0 Å². The first-order valence-electron chi connectivity index (χ1n) is 16.0. The summed E-state index contributed by atoms with van der Waals surface area (Å²) in [5.74, 6) is -1.57. The Hall–Kier alpha value is -2.00. The van der Waals surface area contributed by atoms with E-state index in [1.54, 1.807) is 12.2 Å². The van der Waals surface area contributed by atoms with Gasteiger partial charge in [-0.2, -0.15) is 0 Å². The summed E-state index contributed by atoms with van der Waals surface area (Å²) in [7, 11) is 0. The standard InChI is InChI=1S/C34H54O8/c1-8-11-12-13-14-15-16-17-28(37)41-29-23(5)33(7,19-18-22(4)9-2)27-21-25(36)20-26-31(39-10-3)42-32(40-24(6)35)34(26,27)30(29)38/h9,18,20,23,25,27,29-32,36,38H,2,8,10-17,19,21H2,1,3-7H3/b22-18-/t23-,25+,27+,29-,30+,31+,32-,33-,34?/m1/s1. The molecule has 0 amide bonds. The van der Waals surface area contributed by atoms with Gasteiger partial charge in [-0.3, -0.25) is 9.59 Å². The number of aliphatic hydroxyl groups excluding tert-OH is 2. The summed E-state index contributed by atoms with van der Waals surface area (Å²) >= 11 is 0. The molecule has 2 N–H and O–H groups in total. The fraction of sp³-hybridized carbons (Fsp3) is 0.765. The predicted molar refractivity (Wildman–Crippen MR) is 161 cm³/mol. The molecular weight excluding hydrogens is 536 g/mol. The van der Waals surface area contributed by atoms with Crippen molar-refractivity contribution in [2.45, 2.75) is 137 Å². The first-order valence-corrected chi connectivity index (χ1v) is 16.0. The van der Waals surface area contributed by atoms with E-state index in [-0.39, 0.29) is 24.2 Å². The Labute approximate surface area is 252 Å². The summed E-state index contributed by atoms with van der Waals surface area (Å²) in [5, 5.41) is 23.4. The normalized spacial score (nSPS) is 36.0. The number of aliphatic hydroxyl groups is 2. The Morgan fingerprint density at radius 1 is 1.10 bits per heavy atom. The summed E-state index contributed by atoms with van der Waals surface area (Å²) in [6.45, 7) is 15.6. The van der Waals surface area contributed by atoms with E-state index in [0.29, 0.717) is 25.0 Å². The zero-order valence-corrected chi connectivity index (χ0v) is 26.6. The van der Waals surface area contributed by atoms with Gasteiger partial charge in [0.1, 0.15) is 12.2 Å². The summed E-state index contributed by atoms with van der Waals surface area (Å²) in [5.41, 5.74) is -0.319. The van der Waals surface area contributed by atoms with Crippen LogP contribution in [0.5, 0.6) is 0 Å². The van der Waals surface area contributed by atoms with E-state index < -0.39 is 47.7 Å². The molecule has 0 bridgehead atoms. The maximum atomic E-state index is 13.2. The van der Waals surface area contributed by atoms with Gasteiger partial charge in [-0.15, -0.1) is 0 Å². The minimum Gasteiger partial charge on any atom is -0.459 e. The van der Waals surface area contributed by atoms with Crippen molar-refractivity contribution in [1.29, 1.82) is 0 Å². The van der Waals surface area contributed by atoms with Crippen molar-refractivity contribution in [3.8, 4) is 0 Å². The number of unbranched alkanes of at least 4 members (excludes halogenated alkanes) is 6. The molecule has 2 fully saturated rings. The minimum absolute atomic E-state index is 0.277. The second kappa shape index (κ2) is 15.1. The molecule has 3 aliphatic rings. The van der Waals surface area contributed by atoms with Gasteiger partial charge >= 0.3 is 11.9 Å². The lowest BCUT2D eigenvalue weighted by molar-refractivity contribution is -0.277. The van der Waals surface area contributed by atoms with E-state index in [1.807, 2.05) is 20.8 Å². The molecule has 238 valence electrons. The molecule has 0 aromatic carbocycles. The van der Waals surface area contributed by atoms with Crippen molar-refractivity contribution < 1.29 is 38.7 Å². The van der Waals surface area contributed by atoms with Gasteiger partial charge in [-0.25, -0.2) is 0 Å². The van der Waals surface area contributed by atoms with Gasteiger partial charge in [-0.05, 0) is 50.0 Å². The summed E-state index contributed by atoms with van der Waals surface area (Å²) < 4.78 is 24.1. The Morgan fingerprint density at radius 2 is 1.76 bits per heavy atom. The molecule has 8 nitrogen and oxygen atoms in total. The SMILES string of the molecule is C=C/C(C)=C\C[C@]1(C)[C@H](C)[C@@H](OC(=O)CCCCCCCCC)[C@H](O)C23C(=C[C@H](O)C[C@H]21)[C@@H](OCC)O[C@H]3OC(C)=O. The third-order valence-corrected chi connectivity index (χ3v) is 9.98. The maximum absolute atomic E-state index is 13.2. The Bertz CT molecular complexity index is 1000. The highest BCUT2D eigenvalue weighted by molar-refractivity contribution is 5.69. The average Bonchev–Trinajstić information content (AvgIpc) is 3.24. The zero-order valence-electron chi connectivity index (χ0n) is 26.6. The van der Waals surface area contributed by atoms with Crippen LogP contribution in [0.4, 0.5) is 0 Å². The fourth-order valence-electron chi connectivity index (χ4n) is 7.46. The van der Waals surface area contributed by atoms with Crippen LogP contribution in [-0.4, -0.2) is 59.7 Å². The van der Waals surface area contributed by atoms with Gasteiger partial charge in [0.15, 0.2) is 6.29 Å². The fourth-order valence-corrected chi connectivity index (χ4v) is 7.46. The second-order valence-electron chi connectivity index (χ2n) is 12.7. The Kier molecular flexibility index (Phi) is 12.4. The van der Waals surface area contributed by atoms with Gasteiger partial charge in [-0.1, -0.05) is 89.7 Å². The number of carbonyl (C=O) groups is 2. The molecule has 2 aliphatic carbocycles. The number of carbonyl (C=O) groups excluding carboxylic acids is 2. The molecule has 8 heteroatoms. The van der Waals surface area contributed by atoms with Crippen LogP contribution in [0.15, 0.2) is 36.0 Å².